The van der Waals surface area contributed by atoms with Gasteiger partial charge in [0.2, 0.25) is 0 Å². The van der Waals surface area contributed by atoms with Crippen molar-refractivity contribution in [3.05, 3.63) is 63.9 Å². The zero-order chi connectivity index (χ0) is 15.4. The molecule has 2 aromatic rings. The molecular weight excluding hydrogens is 289 g/mol. The fourth-order valence-corrected chi connectivity index (χ4v) is 2.22. The fraction of sp³-hybridized carbons (Fsp3) is 0.294. The molecule has 0 heterocycles. The Morgan fingerprint density at radius 3 is 2.62 bits per heavy atom. The van der Waals surface area contributed by atoms with Crippen LogP contribution < -0.4 is 10.1 Å². The van der Waals surface area contributed by atoms with Gasteiger partial charge in [0.05, 0.1) is 0 Å². The highest BCUT2D eigenvalue weighted by Gasteiger charge is 2.08. The quantitative estimate of drug-likeness (QED) is 0.868. The number of hydrogen-bond acceptors (Lipinski definition) is 2. The molecule has 2 aromatic carbocycles. The highest BCUT2D eigenvalue weighted by atomic mass is 35.5. The molecule has 0 saturated heterocycles. The Bertz CT molecular complexity index is 630. The van der Waals surface area contributed by atoms with Gasteiger partial charge in [-0.05, 0) is 50.2 Å². The zero-order valence-corrected chi connectivity index (χ0v) is 13.2. The molecule has 0 aliphatic rings. The molecule has 0 aromatic heterocycles. The van der Waals surface area contributed by atoms with Crippen molar-refractivity contribution in [2.45, 2.75) is 26.5 Å². The SMILES string of the molecule is CNC(C)c1ccc(OCc2ccc(Cl)cc2F)c(C)c1. The maximum Gasteiger partial charge on any atom is 0.131 e. The van der Waals surface area contributed by atoms with Gasteiger partial charge in [0.1, 0.15) is 18.2 Å². The predicted molar refractivity (Wildman–Crippen MR) is 84.4 cm³/mol. The maximum atomic E-state index is 13.7. The van der Waals surface area contributed by atoms with Gasteiger partial charge in [0, 0.05) is 16.6 Å². The van der Waals surface area contributed by atoms with E-state index in [1.807, 2.05) is 26.1 Å². The van der Waals surface area contributed by atoms with Gasteiger partial charge in [-0.1, -0.05) is 29.8 Å². The van der Waals surface area contributed by atoms with Crippen molar-refractivity contribution in [2.24, 2.45) is 0 Å². The third-order valence-electron chi connectivity index (χ3n) is 3.53. The summed E-state index contributed by atoms with van der Waals surface area (Å²) in [6.07, 6.45) is 0. The van der Waals surface area contributed by atoms with E-state index in [1.165, 1.54) is 11.6 Å². The Morgan fingerprint density at radius 2 is 2.00 bits per heavy atom. The van der Waals surface area contributed by atoms with Crippen molar-refractivity contribution in [1.29, 1.82) is 0 Å². The second-order valence-electron chi connectivity index (χ2n) is 5.06. The van der Waals surface area contributed by atoms with Crippen LogP contribution in [0.5, 0.6) is 5.75 Å². The molecule has 21 heavy (non-hydrogen) atoms. The molecule has 0 amide bonds. The van der Waals surface area contributed by atoms with Gasteiger partial charge in [-0.25, -0.2) is 4.39 Å². The molecule has 0 aliphatic heterocycles. The van der Waals surface area contributed by atoms with Crippen LogP contribution in [-0.4, -0.2) is 7.05 Å². The first-order chi connectivity index (χ1) is 10.0. The summed E-state index contributed by atoms with van der Waals surface area (Å²) in [5.74, 6) is 0.414. The first kappa shape index (κ1) is 15.8. The topological polar surface area (TPSA) is 21.3 Å². The van der Waals surface area contributed by atoms with Crippen LogP contribution in [-0.2, 0) is 6.61 Å². The highest BCUT2D eigenvalue weighted by Crippen LogP contribution is 2.24. The molecule has 4 heteroatoms. The van der Waals surface area contributed by atoms with Crippen LogP contribution in [0.15, 0.2) is 36.4 Å². The standard InChI is InChI=1S/C17H19ClFNO/c1-11-8-13(12(2)20-3)5-7-17(11)21-10-14-4-6-15(18)9-16(14)19/h4-9,12,20H,10H2,1-3H3. The van der Waals surface area contributed by atoms with E-state index in [2.05, 4.69) is 18.3 Å². The van der Waals surface area contributed by atoms with Crippen molar-refractivity contribution >= 4 is 11.6 Å². The maximum absolute atomic E-state index is 13.7. The fourth-order valence-electron chi connectivity index (χ4n) is 2.06. The summed E-state index contributed by atoms with van der Waals surface area (Å²) in [7, 11) is 1.92. The molecule has 2 nitrogen and oxygen atoms in total. The number of hydrogen-bond donors (Lipinski definition) is 1. The highest BCUT2D eigenvalue weighted by molar-refractivity contribution is 6.30. The smallest absolute Gasteiger partial charge is 0.131 e. The number of halogens is 2. The van der Waals surface area contributed by atoms with Crippen molar-refractivity contribution < 1.29 is 9.13 Å². The number of aryl methyl sites for hydroxylation is 1. The second-order valence-corrected chi connectivity index (χ2v) is 5.50. The summed E-state index contributed by atoms with van der Waals surface area (Å²) in [4.78, 5) is 0. The molecule has 1 N–H and O–H groups in total. The third-order valence-corrected chi connectivity index (χ3v) is 3.77. The van der Waals surface area contributed by atoms with Gasteiger partial charge in [-0.2, -0.15) is 0 Å². The molecule has 0 aliphatic carbocycles. The first-order valence-corrected chi connectivity index (χ1v) is 7.23. The molecule has 0 fully saturated rings. The Morgan fingerprint density at radius 1 is 1.24 bits per heavy atom. The minimum absolute atomic E-state index is 0.185. The van der Waals surface area contributed by atoms with Gasteiger partial charge in [0.15, 0.2) is 0 Å². The summed E-state index contributed by atoms with van der Waals surface area (Å²) in [5.41, 5.74) is 2.72. The molecule has 112 valence electrons. The van der Waals surface area contributed by atoms with Gasteiger partial charge < -0.3 is 10.1 Å². The summed E-state index contributed by atoms with van der Waals surface area (Å²) >= 11 is 5.73. The lowest BCUT2D eigenvalue weighted by Gasteiger charge is -2.14. The monoisotopic (exact) mass is 307 g/mol. The van der Waals surface area contributed by atoms with E-state index in [0.29, 0.717) is 10.6 Å². The van der Waals surface area contributed by atoms with Crippen LogP contribution in [0.2, 0.25) is 5.02 Å². The van der Waals surface area contributed by atoms with Gasteiger partial charge in [-0.3, -0.25) is 0 Å². The van der Waals surface area contributed by atoms with E-state index in [0.717, 1.165) is 11.3 Å². The number of nitrogens with one attached hydrogen (secondary N) is 1. The molecule has 0 bridgehead atoms. The van der Waals surface area contributed by atoms with Crippen LogP contribution in [0.4, 0.5) is 4.39 Å². The van der Waals surface area contributed by atoms with E-state index in [1.54, 1.807) is 12.1 Å². The Labute approximate surface area is 129 Å². The number of benzene rings is 2. The minimum atomic E-state index is -0.347. The summed E-state index contributed by atoms with van der Waals surface area (Å²) in [6.45, 7) is 4.27. The van der Waals surface area contributed by atoms with Crippen molar-refractivity contribution in [2.75, 3.05) is 7.05 Å². The summed E-state index contributed by atoms with van der Waals surface area (Å²) in [6, 6.07) is 10.9. The van der Waals surface area contributed by atoms with Crippen LogP contribution in [0.1, 0.15) is 29.7 Å². The predicted octanol–water partition coefficient (Wildman–Crippen LogP) is 4.65. The van der Waals surface area contributed by atoms with Crippen molar-refractivity contribution in [1.82, 2.24) is 5.32 Å². The molecule has 1 atom stereocenters. The summed E-state index contributed by atoms with van der Waals surface area (Å²) in [5, 5.41) is 3.58. The van der Waals surface area contributed by atoms with Gasteiger partial charge >= 0.3 is 0 Å². The molecule has 0 radical (unpaired) electrons. The summed E-state index contributed by atoms with van der Waals surface area (Å²) < 4.78 is 19.4. The molecule has 0 saturated carbocycles. The number of rotatable bonds is 5. The zero-order valence-electron chi connectivity index (χ0n) is 12.4. The molecule has 0 spiro atoms. The van der Waals surface area contributed by atoms with Crippen LogP contribution in [0.25, 0.3) is 0 Å². The Balaban J connectivity index is 2.10. The third kappa shape index (κ3) is 3.96. The largest absolute Gasteiger partial charge is 0.489 e. The van der Waals surface area contributed by atoms with Gasteiger partial charge in [-0.15, -0.1) is 0 Å². The van der Waals surface area contributed by atoms with Crippen molar-refractivity contribution in [3.63, 3.8) is 0 Å². The van der Waals surface area contributed by atoms with E-state index >= 15 is 0 Å². The second kappa shape index (κ2) is 6.92. The lowest BCUT2D eigenvalue weighted by atomic mass is 10.1. The normalized spacial score (nSPS) is 12.2. The van der Waals surface area contributed by atoms with E-state index in [4.69, 9.17) is 16.3 Å². The minimum Gasteiger partial charge on any atom is -0.489 e. The average Bonchev–Trinajstić information content (AvgIpc) is 2.46. The average molecular weight is 308 g/mol. The molecular formula is C17H19ClFNO. The van der Waals surface area contributed by atoms with E-state index in [9.17, 15) is 4.39 Å². The number of ether oxygens (including phenoxy) is 1. The van der Waals surface area contributed by atoms with Crippen LogP contribution in [0, 0.1) is 12.7 Å². The van der Waals surface area contributed by atoms with Crippen LogP contribution in [0.3, 0.4) is 0 Å². The Kier molecular flexibility index (Phi) is 5.21. The van der Waals surface area contributed by atoms with E-state index in [-0.39, 0.29) is 18.5 Å². The lowest BCUT2D eigenvalue weighted by Crippen LogP contribution is -2.12. The first-order valence-electron chi connectivity index (χ1n) is 6.86. The Hall–Kier alpha value is -1.58. The molecule has 1 unspecified atom stereocenters. The van der Waals surface area contributed by atoms with E-state index < -0.39 is 0 Å². The van der Waals surface area contributed by atoms with Crippen LogP contribution >= 0.6 is 11.6 Å². The van der Waals surface area contributed by atoms with Crippen molar-refractivity contribution in [3.8, 4) is 5.75 Å². The molecule has 2 rings (SSSR count). The van der Waals surface area contributed by atoms with Gasteiger partial charge in [0.25, 0.3) is 0 Å². The lowest BCUT2D eigenvalue weighted by molar-refractivity contribution is 0.297.